The molecule has 0 spiro atoms. The minimum atomic E-state index is -0.415. The van der Waals surface area contributed by atoms with Crippen molar-refractivity contribution in [3.8, 4) is 5.75 Å². The molecule has 3 rings (SSSR count). The van der Waals surface area contributed by atoms with Gasteiger partial charge in [-0.2, -0.15) is 0 Å². The number of methoxy groups -OCH3 is 1. The minimum Gasteiger partial charge on any atom is -0.496 e. The van der Waals surface area contributed by atoms with Crippen LogP contribution in [0.1, 0.15) is 30.5 Å². The fourth-order valence-corrected chi connectivity index (χ4v) is 3.47. The fraction of sp³-hybridized carbons (Fsp3) is 0.304. The summed E-state index contributed by atoms with van der Waals surface area (Å²) in [7, 11) is 1.60. The number of hydrogen-bond donors (Lipinski definition) is 1. The molecule has 1 N–H and O–H groups in total. The molecule has 1 fully saturated rings. The van der Waals surface area contributed by atoms with Crippen LogP contribution in [0.2, 0.25) is 0 Å². The molecule has 1 aliphatic heterocycles. The third-order valence-electron chi connectivity index (χ3n) is 5.03. The Balaban J connectivity index is 1.85. The maximum absolute atomic E-state index is 12.8. The van der Waals surface area contributed by atoms with E-state index < -0.39 is 6.03 Å². The lowest BCUT2D eigenvalue weighted by molar-refractivity contribution is -0.123. The first-order valence-electron chi connectivity index (χ1n) is 9.79. The molecular formula is C23H27N3O3. The summed E-state index contributed by atoms with van der Waals surface area (Å²) >= 11 is 0. The second-order valence-electron chi connectivity index (χ2n) is 6.97. The molecule has 2 aromatic rings. The highest BCUT2D eigenvalue weighted by molar-refractivity contribution is 6.14. The minimum absolute atomic E-state index is 0.238. The molecule has 0 radical (unpaired) electrons. The Morgan fingerprint density at radius 3 is 2.52 bits per heavy atom. The smallest absolute Gasteiger partial charge is 0.329 e. The zero-order valence-corrected chi connectivity index (χ0v) is 17.4. The quantitative estimate of drug-likeness (QED) is 0.572. The van der Waals surface area contributed by atoms with Gasteiger partial charge in [0.25, 0.3) is 5.91 Å². The number of aryl methyl sites for hydroxylation is 1. The zero-order chi connectivity index (χ0) is 21.0. The molecule has 6 nitrogen and oxygen atoms in total. The summed E-state index contributed by atoms with van der Waals surface area (Å²) in [6.07, 6.45) is 1.67. The Hall–Kier alpha value is -3.28. The summed E-state index contributed by atoms with van der Waals surface area (Å²) in [4.78, 5) is 28.6. The van der Waals surface area contributed by atoms with Gasteiger partial charge in [-0.25, -0.2) is 4.79 Å². The Labute approximate surface area is 171 Å². The van der Waals surface area contributed by atoms with Gasteiger partial charge in [-0.1, -0.05) is 29.8 Å². The molecule has 0 bridgehead atoms. The first-order chi connectivity index (χ1) is 14.0. The second-order valence-corrected chi connectivity index (χ2v) is 6.97. The number of rotatable bonds is 7. The predicted octanol–water partition coefficient (Wildman–Crippen LogP) is 3.94. The molecule has 0 aliphatic carbocycles. The van der Waals surface area contributed by atoms with Crippen LogP contribution < -0.4 is 15.0 Å². The van der Waals surface area contributed by atoms with Crippen molar-refractivity contribution in [2.24, 2.45) is 0 Å². The number of hydrogen-bond acceptors (Lipinski definition) is 4. The summed E-state index contributed by atoms with van der Waals surface area (Å²) in [5.74, 6) is 0.312. The summed E-state index contributed by atoms with van der Waals surface area (Å²) in [6.45, 7) is 8.20. The van der Waals surface area contributed by atoms with Gasteiger partial charge in [0.05, 0.1) is 13.7 Å². The highest BCUT2D eigenvalue weighted by Gasteiger charge is 2.33. The van der Waals surface area contributed by atoms with Gasteiger partial charge < -0.3 is 15.0 Å². The number of benzene rings is 2. The SMILES string of the molecule is CCN(CC)c1ccc(/C=C2/NC(=O)N(Cc3cccc(C)c3)C2=O)c(OC)c1. The average molecular weight is 393 g/mol. The number of amides is 3. The summed E-state index contributed by atoms with van der Waals surface area (Å²) < 4.78 is 5.52. The molecular weight excluding hydrogens is 366 g/mol. The van der Waals surface area contributed by atoms with Crippen molar-refractivity contribution in [2.45, 2.75) is 27.3 Å². The van der Waals surface area contributed by atoms with Gasteiger partial charge in [-0.15, -0.1) is 0 Å². The number of carbonyl (C=O) groups is 2. The van der Waals surface area contributed by atoms with Crippen molar-refractivity contribution in [1.82, 2.24) is 10.2 Å². The number of anilines is 1. The maximum Gasteiger partial charge on any atom is 0.329 e. The lowest BCUT2D eigenvalue weighted by atomic mass is 10.1. The van der Waals surface area contributed by atoms with Crippen LogP contribution in [0, 0.1) is 6.92 Å². The van der Waals surface area contributed by atoms with Crippen LogP contribution in [-0.4, -0.2) is 37.0 Å². The predicted molar refractivity (Wildman–Crippen MR) is 115 cm³/mol. The first-order valence-corrected chi connectivity index (χ1v) is 9.79. The largest absolute Gasteiger partial charge is 0.496 e. The van der Waals surface area contributed by atoms with E-state index in [1.807, 2.05) is 49.4 Å². The summed E-state index contributed by atoms with van der Waals surface area (Å²) in [5.41, 5.74) is 4.04. The molecule has 0 saturated carbocycles. The third kappa shape index (κ3) is 4.42. The van der Waals surface area contributed by atoms with Crippen molar-refractivity contribution in [3.05, 3.63) is 64.9 Å². The molecule has 1 heterocycles. The number of imide groups is 1. The topological polar surface area (TPSA) is 61.9 Å². The number of urea groups is 1. The Morgan fingerprint density at radius 2 is 1.86 bits per heavy atom. The van der Waals surface area contributed by atoms with E-state index in [1.165, 1.54) is 4.90 Å². The van der Waals surface area contributed by atoms with Crippen LogP contribution in [-0.2, 0) is 11.3 Å². The van der Waals surface area contributed by atoms with Gasteiger partial charge in [0.1, 0.15) is 11.4 Å². The van der Waals surface area contributed by atoms with E-state index in [0.717, 1.165) is 35.5 Å². The number of ether oxygens (including phenoxy) is 1. The molecule has 3 amide bonds. The maximum atomic E-state index is 12.8. The van der Waals surface area contributed by atoms with Crippen LogP contribution in [0.3, 0.4) is 0 Å². The van der Waals surface area contributed by atoms with E-state index in [9.17, 15) is 9.59 Å². The third-order valence-corrected chi connectivity index (χ3v) is 5.03. The fourth-order valence-electron chi connectivity index (χ4n) is 3.47. The normalized spacial score (nSPS) is 15.0. The van der Waals surface area contributed by atoms with Crippen molar-refractivity contribution < 1.29 is 14.3 Å². The Bertz CT molecular complexity index is 948. The molecule has 0 atom stereocenters. The van der Waals surface area contributed by atoms with Crippen molar-refractivity contribution >= 4 is 23.7 Å². The van der Waals surface area contributed by atoms with Crippen molar-refractivity contribution in [3.63, 3.8) is 0 Å². The summed E-state index contributed by atoms with van der Waals surface area (Å²) in [5, 5.41) is 2.68. The molecule has 0 aromatic heterocycles. The van der Waals surface area contributed by atoms with E-state index in [1.54, 1.807) is 13.2 Å². The monoisotopic (exact) mass is 393 g/mol. The van der Waals surface area contributed by atoms with Crippen molar-refractivity contribution in [2.75, 3.05) is 25.1 Å². The number of nitrogens with zero attached hydrogens (tertiary/aromatic N) is 2. The van der Waals surface area contributed by atoms with Crippen LogP contribution in [0.15, 0.2) is 48.2 Å². The lowest BCUT2D eigenvalue weighted by Crippen LogP contribution is -2.30. The van der Waals surface area contributed by atoms with Crippen LogP contribution in [0.4, 0.5) is 10.5 Å². The van der Waals surface area contributed by atoms with Crippen molar-refractivity contribution in [1.29, 1.82) is 0 Å². The van der Waals surface area contributed by atoms with E-state index in [4.69, 9.17) is 4.74 Å². The molecule has 1 aliphatic rings. The Kier molecular flexibility index (Phi) is 6.22. The molecule has 0 unspecified atom stereocenters. The summed E-state index contributed by atoms with van der Waals surface area (Å²) in [6, 6.07) is 13.2. The molecule has 6 heteroatoms. The number of carbonyl (C=O) groups excluding carboxylic acids is 2. The van der Waals surface area contributed by atoms with Crippen LogP contribution in [0.25, 0.3) is 6.08 Å². The van der Waals surface area contributed by atoms with Crippen LogP contribution in [0.5, 0.6) is 5.75 Å². The first kappa shape index (κ1) is 20.5. The van der Waals surface area contributed by atoms with E-state index >= 15 is 0 Å². The molecule has 152 valence electrons. The highest BCUT2D eigenvalue weighted by atomic mass is 16.5. The number of nitrogens with one attached hydrogen (secondary N) is 1. The molecule has 1 saturated heterocycles. The van der Waals surface area contributed by atoms with Gasteiger partial charge in [0, 0.05) is 30.4 Å². The van der Waals surface area contributed by atoms with E-state index in [-0.39, 0.29) is 18.1 Å². The van der Waals surface area contributed by atoms with Gasteiger partial charge in [-0.05, 0) is 44.5 Å². The van der Waals surface area contributed by atoms with Gasteiger partial charge in [0.15, 0.2) is 0 Å². The average Bonchev–Trinajstić information content (AvgIpc) is 2.97. The van der Waals surface area contributed by atoms with E-state index in [2.05, 4.69) is 24.1 Å². The second kappa shape index (κ2) is 8.82. The molecule has 29 heavy (non-hydrogen) atoms. The van der Waals surface area contributed by atoms with Gasteiger partial charge >= 0.3 is 6.03 Å². The zero-order valence-electron chi connectivity index (χ0n) is 17.4. The van der Waals surface area contributed by atoms with Gasteiger partial charge in [-0.3, -0.25) is 9.69 Å². The lowest BCUT2D eigenvalue weighted by Gasteiger charge is -2.22. The highest BCUT2D eigenvalue weighted by Crippen LogP contribution is 2.28. The standard InChI is InChI=1S/C23H27N3O3/c1-5-25(6-2)19-11-10-18(21(14-19)29-4)13-20-22(27)26(23(28)24-20)15-17-9-7-8-16(3)12-17/h7-14H,5-6,15H2,1-4H3,(H,24,28)/b20-13+. The Morgan fingerprint density at radius 1 is 1.10 bits per heavy atom. The van der Waals surface area contributed by atoms with E-state index in [0.29, 0.717) is 5.75 Å². The molecule has 2 aromatic carbocycles. The van der Waals surface area contributed by atoms with Gasteiger partial charge in [0.2, 0.25) is 0 Å². The van der Waals surface area contributed by atoms with Crippen LogP contribution >= 0.6 is 0 Å².